The molecule has 96 valence electrons. The second-order valence-corrected chi connectivity index (χ2v) is 5.16. The molecule has 4 heteroatoms. The van der Waals surface area contributed by atoms with Crippen molar-refractivity contribution in [3.8, 4) is 0 Å². The van der Waals surface area contributed by atoms with Gasteiger partial charge in [-0.2, -0.15) is 0 Å². The van der Waals surface area contributed by atoms with Gasteiger partial charge < -0.3 is 10.3 Å². The molecule has 2 atom stereocenters. The Morgan fingerprint density at radius 3 is 3.00 bits per heavy atom. The third-order valence-corrected chi connectivity index (χ3v) is 3.81. The van der Waals surface area contributed by atoms with Crippen LogP contribution in [0.2, 0.25) is 0 Å². The maximum atomic E-state index is 6.07. The van der Waals surface area contributed by atoms with Gasteiger partial charge in [0.1, 0.15) is 5.82 Å². The van der Waals surface area contributed by atoms with E-state index in [2.05, 4.69) is 28.4 Å². The van der Waals surface area contributed by atoms with Gasteiger partial charge in [0, 0.05) is 44.5 Å². The van der Waals surface area contributed by atoms with Crippen molar-refractivity contribution in [3.63, 3.8) is 0 Å². The molecule has 0 amide bonds. The van der Waals surface area contributed by atoms with Crippen molar-refractivity contribution in [1.29, 1.82) is 0 Å². The largest absolute Gasteiger partial charge is 0.338 e. The van der Waals surface area contributed by atoms with Gasteiger partial charge in [0.05, 0.1) is 0 Å². The molecular weight excluding hydrogens is 212 g/mol. The van der Waals surface area contributed by atoms with Gasteiger partial charge in [-0.1, -0.05) is 6.42 Å². The fourth-order valence-electron chi connectivity index (χ4n) is 2.77. The van der Waals surface area contributed by atoms with E-state index in [0.717, 1.165) is 13.0 Å². The number of hydrogen-bond donors (Lipinski definition) is 1. The zero-order valence-electron chi connectivity index (χ0n) is 11.0. The lowest BCUT2D eigenvalue weighted by Gasteiger charge is -2.38. The smallest absolute Gasteiger partial charge is 0.109 e. The quantitative estimate of drug-likeness (QED) is 0.853. The van der Waals surface area contributed by atoms with Crippen LogP contribution in [0.5, 0.6) is 0 Å². The first-order chi connectivity index (χ1) is 8.18. The van der Waals surface area contributed by atoms with E-state index in [1.807, 2.05) is 12.4 Å². The van der Waals surface area contributed by atoms with Crippen molar-refractivity contribution < 1.29 is 0 Å². The van der Waals surface area contributed by atoms with E-state index in [1.54, 1.807) is 0 Å². The highest BCUT2D eigenvalue weighted by atomic mass is 15.2. The molecule has 0 radical (unpaired) electrons. The highest BCUT2D eigenvalue weighted by molar-refractivity contribution is 4.93. The van der Waals surface area contributed by atoms with Crippen LogP contribution in [0, 0.1) is 0 Å². The Hall–Kier alpha value is -0.870. The van der Waals surface area contributed by atoms with E-state index >= 15 is 0 Å². The number of aryl methyl sites for hydroxylation is 1. The van der Waals surface area contributed by atoms with Crippen LogP contribution in [-0.2, 0) is 13.5 Å². The molecule has 1 aromatic heterocycles. The van der Waals surface area contributed by atoms with Crippen molar-refractivity contribution in [2.75, 3.05) is 13.1 Å². The number of imidazole rings is 1. The van der Waals surface area contributed by atoms with Crippen molar-refractivity contribution in [3.05, 3.63) is 18.2 Å². The van der Waals surface area contributed by atoms with E-state index in [0.29, 0.717) is 6.04 Å². The normalized spacial score (nSPS) is 23.8. The third kappa shape index (κ3) is 3.07. The molecule has 1 aliphatic rings. The Bertz CT molecular complexity index is 345. The Kier molecular flexibility index (Phi) is 4.18. The summed E-state index contributed by atoms with van der Waals surface area (Å²) in [5.74, 6) is 1.17. The van der Waals surface area contributed by atoms with Crippen LogP contribution < -0.4 is 5.73 Å². The summed E-state index contributed by atoms with van der Waals surface area (Å²) in [6, 6.07) is 0.834. The molecule has 2 rings (SSSR count). The highest BCUT2D eigenvalue weighted by Crippen LogP contribution is 2.19. The standard InChI is InChI=1S/C13H24N4/c1-11(14)12-5-3-4-8-17(12)9-6-13-15-7-10-16(13)2/h7,10-12H,3-6,8-9,14H2,1-2H3. The van der Waals surface area contributed by atoms with E-state index in [1.165, 1.54) is 31.6 Å². The number of nitrogens with zero attached hydrogens (tertiary/aromatic N) is 3. The van der Waals surface area contributed by atoms with E-state index in [4.69, 9.17) is 5.73 Å². The molecule has 0 aromatic carbocycles. The summed E-state index contributed by atoms with van der Waals surface area (Å²) in [7, 11) is 2.06. The van der Waals surface area contributed by atoms with E-state index in [9.17, 15) is 0 Å². The Morgan fingerprint density at radius 1 is 1.53 bits per heavy atom. The van der Waals surface area contributed by atoms with Crippen LogP contribution in [0.25, 0.3) is 0 Å². The lowest BCUT2D eigenvalue weighted by molar-refractivity contribution is 0.131. The minimum Gasteiger partial charge on any atom is -0.338 e. The van der Waals surface area contributed by atoms with Gasteiger partial charge in [-0.15, -0.1) is 0 Å². The summed E-state index contributed by atoms with van der Waals surface area (Å²) in [5.41, 5.74) is 6.07. The topological polar surface area (TPSA) is 47.1 Å². The molecule has 1 saturated heterocycles. The fourth-order valence-corrected chi connectivity index (χ4v) is 2.77. The molecule has 2 unspecified atom stereocenters. The monoisotopic (exact) mass is 236 g/mol. The summed E-state index contributed by atoms with van der Waals surface area (Å²) in [5, 5.41) is 0. The molecular formula is C13H24N4. The minimum absolute atomic E-state index is 0.275. The summed E-state index contributed by atoms with van der Waals surface area (Å²) >= 11 is 0. The minimum atomic E-state index is 0.275. The fraction of sp³-hybridized carbons (Fsp3) is 0.769. The van der Waals surface area contributed by atoms with Gasteiger partial charge in [0.2, 0.25) is 0 Å². The lowest BCUT2D eigenvalue weighted by Crippen LogP contribution is -2.49. The first kappa shape index (κ1) is 12.6. The molecule has 1 aromatic rings. The van der Waals surface area contributed by atoms with Crippen molar-refractivity contribution in [2.45, 2.75) is 44.7 Å². The SMILES string of the molecule is CC(N)C1CCCCN1CCc1nccn1C. The highest BCUT2D eigenvalue weighted by Gasteiger charge is 2.25. The maximum Gasteiger partial charge on any atom is 0.109 e. The molecule has 0 bridgehead atoms. The number of hydrogen-bond acceptors (Lipinski definition) is 3. The summed E-state index contributed by atoms with van der Waals surface area (Å²) < 4.78 is 2.10. The maximum absolute atomic E-state index is 6.07. The number of rotatable bonds is 4. The number of likely N-dealkylation sites (tertiary alicyclic amines) is 1. The average Bonchev–Trinajstić information content (AvgIpc) is 2.72. The van der Waals surface area contributed by atoms with Crippen LogP contribution in [0.3, 0.4) is 0 Å². The number of aromatic nitrogens is 2. The van der Waals surface area contributed by atoms with Gasteiger partial charge in [-0.05, 0) is 26.3 Å². The molecule has 0 spiro atoms. The summed E-state index contributed by atoms with van der Waals surface area (Å²) in [4.78, 5) is 6.92. The van der Waals surface area contributed by atoms with Crippen LogP contribution in [0.1, 0.15) is 32.0 Å². The molecule has 2 heterocycles. The summed E-state index contributed by atoms with van der Waals surface area (Å²) in [6.07, 6.45) is 8.78. The Labute approximate surface area is 104 Å². The van der Waals surface area contributed by atoms with Gasteiger partial charge in [0.15, 0.2) is 0 Å². The van der Waals surface area contributed by atoms with Crippen LogP contribution in [0.15, 0.2) is 12.4 Å². The average molecular weight is 236 g/mol. The summed E-state index contributed by atoms with van der Waals surface area (Å²) in [6.45, 7) is 4.40. The van der Waals surface area contributed by atoms with Crippen molar-refractivity contribution in [1.82, 2.24) is 14.5 Å². The predicted molar refractivity (Wildman–Crippen MR) is 69.8 cm³/mol. The zero-order valence-corrected chi connectivity index (χ0v) is 11.0. The second kappa shape index (κ2) is 5.65. The van der Waals surface area contributed by atoms with Gasteiger partial charge >= 0.3 is 0 Å². The van der Waals surface area contributed by atoms with Crippen LogP contribution >= 0.6 is 0 Å². The van der Waals surface area contributed by atoms with Crippen molar-refractivity contribution >= 4 is 0 Å². The molecule has 1 aliphatic heterocycles. The number of piperidine rings is 1. The van der Waals surface area contributed by atoms with Gasteiger partial charge in [-0.3, -0.25) is 4.90 Å². The first-order valence-electron chi connectivity index (χ1n) is 6.64. The Balaban J connectivity index is 1.90. The van der Waals surface area contributed by atoms with Crippen molar-refractivity contribution in [2.24, 2.45) is 12.8 Å². The molecule has 2 N–H and O–H groups in total. The van der Waals surface area contributed by atoms with Crippen LogP contribution in [0.4, 0.5) is 0 Å². The molecule has 4 nitrogen and oxygen atoms in total. The lowest BCUT2D eigenvalue weighted by atomic mass is 9.97. The second-order valence-electron chi connectivity index (χ2n) is 5.16. The zero-order chi connectivity index (χ0) is 12.3. The van der Waals surface area contributed by atoms with E-state index in [-0.39, 0.29) is 6.04 Å². The molecule has 0 aliphatic carbocycles. The Morgan fingerprint density at radius 2 is 2.35 bits per heavy atom. The van der Waals surface area contributed by atoms with E-state index < -0.39 is 0 Å². The van der Waals surface area contributed by atoms with Crippen LogP contribution in [-0.4, -0.2) is 39.6 Å². The van der Waals surface area contributed by atoms with Gasteiger partial charge in [-0.25, -0.2) is 4.98 Å². The number of nitrogens with two attached hydrogens (primary N) is 1. The van der Waals surface area contributed by atoms with Gasteiger partial charge in [0.25, 0.3) is 0 Å². The molecule has 0 saturated carbocycles. The third-order valence-electron chi connectivity index (χ3n) is 3.81. The predicted octanol–water partition coefficient (Wildman–Crippen LogP) is 1.16. The molecule has 17 heavy (non-hydrogen) atoms. The first-order valence-corrected chi connectivity index (χ1v) is 6.64. The molecule has 1 fully saturated rings.